The Labute approximate surface area is 306 Å². The highest BCUT2D eigenvalue weighted by atomic mass is 32.1. The molecule has 0 unspecified atom stereocenters. The molecule has 0 N–H and O–H groups in total. The highest BCUT2D eigenvalue weighted by Crippen LogP contribution is 2.36. The Hall–Kier alpha value is -5.74. The Morgan fingerprint density at radius 3 is 2.21 bits per heavy atom. The first-order valence-corrected chi connectivity index (χ1v) is 18.0. The van der Waals surface area contributed by atoms with Gasteiger partial charge in [-0.05, 0) is 72.4 Å². The van der Waals surface area contributed by atoms with Gasteiger partial charge in [0, 0.05) is 5.56 Å². The maximum Gasteiger partial charge on any atom is 0.338 e. The maximum atomic E-state index is 14.4. The van der Waals surface area contributed by atoms with Crippen molar-refractivity contribution in [3.63, 3.8) is 0 Å². The predicted octanol–water partition coefficient (Wildman–Crippen LogP) is 6.82. The van der Waals surface area contributed by atoms with E-state index in [-0.39, 0.29) is 24.7 Å². The second kappa shape index (κ2) is 16.1. The molecule has 0 saturated carbocycles. The van der Waals surface area contributed by atoms with Gasteiger partial charge in [-0.3, -0.25) is 9.36 Å². The van der Waals surface area contributed by atoms with Gasteiger partial charge in [-0.25, -0.2) is 14.6 Å². The number of benzene rings is 4. The van der Waals surface area contributed by atoms with Crippen LogP contribution in [-0.4, -0.2) is 36.8 Å². The minimum atomic E-state index is -0.759. The third kappa shape index (κ3) is 7.62. The summed E-state index contributed by atoms with van der Waals surface area (Å²) in [6.07, 6.45) is 1.79. The first-order valence-electron chi connectivity index (χ1n) is 17.2. The average Bonchev–Trinajstić information content (AvgIpc) is 3.47. The summed E-state index contributed by atoms with van der Waals surface area (Å²) in [5.41, 5.74) is 5.25. The van der Waals surface area contributed by atoms with E-state index in [2.05, 4.69) is 13.8 Å². The van der Waals surface area contributed by atoms with Gasteiger partial charge in [0.1, 0.15) is 6.61 Å². The van der Waals surface area contributed by atoms with Crippen molar-refractivity contribution in [2.45, 2.75) is 46.3 Å². The molecule has 1 atom stereocenters. The van der Waals surface area contributed by atoms with Crippen LogP contribution in [0.3, 0.4) is 0 Å². The van der Waals surface area contributed by atoms with Crippen molar-refractivity contribution >= 4 is 35.0 Å². The number of carbonyl (C=O) groups excluding carboxylic acids is 2. The van der Waals surface area contributed by atoms with Gasteiger partial charge in [0.2, 0.25) is 0 Å². The third-order valence-electron chi connectivity index (χ3n) is 8.64. The van der Waals surface area contributed by atoms with E-state index in [1.807, 2.05) is 72.8 Å². The van der Waals surface area contributed by atoms with Gasteiger partial charge in [-0.1, -0.05) is 98.0 Å². The first-order chi connectivity index (χ1) is 25.2. The largest absolute Gasteiger partial charge is 0.493 e. The van der Waals surface area contributed by atoms with Crippen LogP contribution in [0.5, 0.6) is 11.5 Å². The standard InChI is InChI=1S/C42H40N2O7S/c1-6-49-40(46)32-16-13-27(14-17-32)25-51-33-22-15-28(23-34(33)48-5)24-35-39(45)44-38(31-20-18-29(19-21-31)26(3)4)36(41(47)50-7-2)37(43-42(44)52-35)30-11-9-8-10-12-30/h8-24,26,38H,6-7,25H2,1-5H3/b35-24-/t38-/m1/s1. The lowest BCUT2D eigenvalue weighted by Crippen LogP contribution is -2.40. The number of nitrogens with zero attached hydrogens (tertiary/aromatic N) is 2. The molecule has 1 aromatic heterocycles. The molecule has 10 heteroatoms. The van der Waals surface area contributed by atoms with Gasteiger partial charge >= 0.3 is 11.9 Å². The number of hydrogen-bond acceptors (Lipinski definition) is 9. The summed E-state index contributed by atoms with van der Waals surface area (Å²) in [6.45, 7) is 8.51. The lowest BCUT2D eigenvalue weighted by Gasteiger charge is -2.26. The van der Waals surface area contributed by atoms with E-state index >= 15 is 0 Å². The highest BCUT2D eigenvalue weighted by molar-refractivity contribution is 7.07. The molecular weight excluding hydrogens is 677 g/mol. The monoisotopic (exact) mass is 716 g/mol. The quantitative estimate of drug-likeness (QED) is 0.131. The molecule has 0 radical (unpaired) electrons. The molecule has 1 aliphatic heterocycles. The van der Waals surface area contributed by atoms with Crippen LogP contribution in [0.15, 0.2) is 112 Å². The Morgan fingerprint density at radius 1 is 0.865 bits per heavy atom. The zero-order valence-electron chi connectivity index (χ0n) is 29.8. The van der Waals surface area contributed by atoms with Crippen molar-refractivity contribution in [1.82, 2.24) is 4.57 Å². The summed E-state index contributed by atoms with van der Waals surface area (Å²) in [5.74, 6) is 0.434. The van der Waals surface area contributed by atoms with Crippen LogP contribution in [0.1, 0.15) is 77.8 Å². The molecule has 52 heavy (non-hydrogen) atoms. The Bertz CT molecular complexity index is 2290. The van der Waals surface area contributed by atoms with Crippen molar-refractivity contribution < 1.29 is 28.5 Å². The van der Waals surface area contributed by atoms with Gasteiger partial charge in [-0.2, -0.15) is 0 Å². The van der Waals surface area contributed by atoms with Crippen LogP contribution in [0.4, 0.5) is 0 Å². The average molecular weight is 717 g/mol. The molecule has 0 amide bonds. The van der Waals surface area contributed by atoms with Gasteiger partial charge < -0.3 is 18.9 Å². The van der Waals surface area contributed by atoms with E-state index in [4.69, 9.17) is 23.9 Å². The predicted molar refractivity (Wildman–Crippen MR) is 201 cm³/mol. The second-order valence-corrected chi connectivity index (χ2v) is 13.4. The van der Waals surface area contributed by atoms with Crippen molar-refractivity contribution in [1.29, 1.82) is 0 Å². The van der Waals surface area contributed by atoms with Crippen molar-refractivity contribution in [3.8, 4) is 11.5 Å². The summed E-state index contributed by atoms with van der Waals surface area (Å²) in [5, 5.41) is 0. The molecule has 266 valence electrons. The topological polar surface area (TPSA) is 105 Å². The van der Waals surface area contributed by atoms with Crippen LogP contribution in [-0.2, 0) is 20.9 Å². The van der Waals surface area contributed by atoms with Crippen molar-refractivity contribution in [2.75, 3.05) is 20.3 Å². The van der Waals surface area contributed by atoms with Gasteiger partial charge in [0.15, 0.2) is 16.3 Å². The fraction of sp³-hybridized carbons (Fsp3) is 0.238. The number of thiazole rings is 1. The highest BCUT2D eigenvalue weighted by Gasteiger charge is 2.35. The summed E-state index contributed by atoms with van der Waals surface area (Å²) in [6, 6.07) is 29.2. The molecule has 2 heterocycles. The van der Waals surface area contributed by atoms with Gasteiger partial charge in [0.05, 0.1) is 47.7 Å². The molecule has 6 rings (SSSR count). The number of hydrogen-bond donors (Lipinski definition) is 0. The third-order valence-corrected chi connectivity index (χ3v) is 9.62. The molecule has 9 nitrogen and oxygen atoms in total. The normalized spacial score (nSPS) is 14.1. The van der Waals surface area contributed by atoms with Crippen LogP contribution in [0.2, 0.25) is 0 Å². The number of esters is 2. The number of aromatic nitrogens is 1. The van der Waals surface area contributed by atoms with Crippen LogP contribution < -0.4 is 24.4 Å². The number of ether oxygens (including phenoxy) is 4. The summed E-state index contributed by atoms with van der Waals surface area (Å²) in [4.78, 5) is 45.5. The van der Waals surface area contributed by atoms with Gasteiger partial charge in [-0.15, -0.1) is 0 Å². The molecule has 4 aromatic carbocycles. The van der Waals surface area contributed by atoms with E-state index in [9.17, 15) is 14.4 Å². The van der Waals surface area contributed by atoms with E-state index < -0.39 is 12.0 Å². The van der Waals surface area contributed by atoms with E-state index in [1.54, 1.807) is 55.9 Å². The van der Waals surface area contributed by atoms with E-state index in [0.29, 0.717) is 50.2 Å². The SMILES string of the molecule is CCOC(=O)C1=C(c2ccccc2)N=c2s/c(=C\c3ccc(OCc4ccc(C(=O)OCC)cc4)c(OC)c3)c(=O)n2[C@@H]1c1ccc(C(C)C)cc1. The summed E-state index contributed by atoms with van der Waals surface area (Å²) >= 11 is 1.26. The number of fused-ring (bicyclic) bond motifs is 1. The minimum absolute atomic E-state index is 0.178. The molecule has 0 bridgehead atoms. The molecule has 0 spiro atoms. The van der Waals surface area contributed by atoms with E-state index in [1.165, 1.54) is 11.3 Å². The van der Waals surface area contributed by atoms with E-state index in [0.717, 1.165) is 27.8 Å². The summed E-state index contributed by atoms with van der Waals surface area (Å²) < 4.78 is 24.4. The van der Waals surface area contributed by atoms with Crippen LogP contribution >= 0.6 is 11.3 Å². The molecule has 0 fully saturated rings. The smallest absolute Gasteiger partial charge is 0.338 e. The fourth-order valence-electron chi connectivity index (χ4n) is 5.98. The lowest BCUT2D eigenvalue weighted by molar-refractivity contribution is -0.138. The van der Waals surface area contributed by atoms with Crippen molar-refractivity contribution in [3.05, 3.63) is 156 Å². The lowest BCUT2D eigenvalue weighted by atomic mass is 9.91. The molecular formula is C42H40N2O7S. The maximum absolute atomic E-state index is 14.4. The molecule has 0 aliphatic carbocycles. The Balaban J connectivity index is 1.39. The number of methoxy groups -OCH3 is 1. The number of rotatable bonds is 12. The second-order valence-electron chi connectivity index (χ2n) is 12.4. The molecule has 1 aliphatic rings. The van der Waals surface area contributed by atoms with Crippen LogP contribution in [0, 0.1) is 0 Å². The molecule has 5 aromatic rings. The zero-order chi connectivity index (χ0) is 36.8. The summed E-state index contributed by atoms with van der Waals surface area (Å²) in [7, 11) is 1.56. The fourth-order valence-corrected chi connectivity index (χ4v) is 6.98. The van der Waals surface area contributed by atoms with Crippen LogP contribution in [0.25, 0.3) is 11.8 Å². The van der Waals surface area contributed by atoms with Crippen molar-refractivity contribution in [2.24, 2.45) is 4.99 Å². The zero-order valence-corrected chi connectivity index (χ0v) is 30.6. The number of carbonyl (C=O) groups is 2. The minimum Gasteiger partial charge on any atom is -0.493 e. The Morgan fingerprint density at radius 2 is 1.56 bits per heavy atom. The Kier molecular flexibility index (Phi) is 11.2. The van der Waals surface area contributed by atoms with Gasteiger partial charge in [0.25, 0.3) is 5.56 Å². The molecule has 0 saturated heterocycles. The first kappa shape index (κ1) is 36.1.